The third-order valence-corrected chi connectivity index (χ3v) is 2.58. The first-order valence-corrected chi connectivity index (χ1v) is 4.76. The number of halogens is 1. The zero-order valence-electron chi connectivity index (χ0n) is 6.27. The van der Waals surface area contributed by atoms with Gasteiger partial charge in [-0.1, -0.05) is 27.6 Å². The highest BCUT2D eigenvalue weighted by Crippen LogP contribution is 2.15. The number of allylic oxidation sites excluding steroid dienone is 1. The van der Waals surface area contributed by atoms with Crippen LogP contribution < -0.4 is 0 Å². The minimum atomic E-state index is 0.678. The summed E-state index contributed by atoms with van der Waals surface area (Å²) in [5, 5.41) is 0.990. The van der Waals surface area contributed by atoms with Gasteiger partial charge in [0.05, 0.1) is 6.61 Å². The molecule has 0 aromatic rings. The van der Waals surface area contributed by atoms with Gasteiger partial charge in [0.1, 0.15) is 0 Å². The fraction of sp³-hybridized carbons (Fsp3) is 0.750. The Morgan fingerprint density at radius 2 is 2.60 bits per heavy atom. The molecule has 0 spiro atoms. The molecule has 0 N–H and O–H groups in total. The van der Waals surface area contributed by atoms with Crippen LogP contribution in [0.15, 0.2) is 11.6 Å². The van der Waals surface area contributed by atoms with Crippen LogP contribution in [-0.2, 0) is 4.74 Å². The van der Waals surface area contributed by atoms with E-state index in [9.17, 15) is 0 Å². The van der Waals surface area contributed by atoms with Crippen molar-refractivity contribution in [2.75, 3.05) is 18.5 Å². The van der Waals surface area contributed by atoms with Gasteiger partial charge in [-0.2, -0.15) is 0 Å². The number of rotatable bonds is 2. The Hall–Kier alpha value is 0.180. The van der Waals surface area contributed by atoms with Crippen molar-refractivity contribution < 1.29 is 4.74 Å². The molecule has 1 unspecified atom stereocenters. The number of ether oxygens (including phenoxy) is 1. The van der Waals surface area contributed by atoms with E-state index in [0.717, 1.165) is 18.5 Å². The average molecular weight is 205 g/mol. The highest BCUT2D eigenvalue weighted by Gasteiger charge is 2.12. The lowest BCUT2D eigenvalue weighted by Gasteiger charge is -2.00. The lowest BCUT2D eigenvalue weighted by atomic mass is 10.1. The standard InChI is InChI=1S/C8H13BrO/c1-7(5-9)4-8-2-3-10-6-8/h4,8H,2-3,5-6H2,1H3. The Kier molecular flexibility index (Phi) is 3.43. The Morgan fingerprint density at radius 1 is 1.80 bits per heavy atom. The highest BCUT2D eigenvalue weighted by atomic mass is 79.9. The second kappa shape index (κ2) is 4.14. The molecule has 0 radical (unpaired) electrons. The van der Waals surface area contributed by atoms with E-state index in [1.165, 1.54) is 12.0 Å². The van der Waals surface area contributed by atoms with Gasteiger partial charge in [0.2, 0.25) is 0 Å². The maximum atomic E-state index is 5.24. The van der Waals surface area contributed by atoms with Crippen LogP contribution in [0.25, 0.3) is 0 Å². The third-order valence-electron chi connectivity index (χ3n) is 1.70. The first kappa shape index (κ1) is 8.28. The zero-order valence-corrected chi connectivity index (χ0v) is 7.86. The quantitative estimate of drug-likeness (QED) is 0.496. The molecule has 58 valence electrons. The van der Waals surface area contributed by atoms with E-state index in [0.29, 0.717) is 5.92 Å². The fourth-order valence-corrected chi connectivity index (χ4v) is 1.32. The number of hydrogen-bond acceptors (Lipinski definition) is 1. The van der Waals surface area contributed by atoms with Gasteiger partial charge < -0.3 is 4.74 Å². The van der Waals surface area contributed by atoms with Crippen molar-refractivity contribution in [3.63, 3.8) is 0 Å². The van der Waals surface area contributed by atoms with Gasteiger partial charge >= 0.3 is 0 Å². The Morgan fingerprint density at radius 3 is 3.10 bits per heavy atom. The van der Waals surface area contributed by atoms with Crippen molar-refractivity contribution in [3.05, 3.63) is 11.6 Å². The van der Waals surface area contributed by atoms with Crippen molar-refractivity contribution >= 4 is 15.9 Å². The van der Waals surface area contributed by atoms with Crippen LogP contribution in [0.4, 0.5) is 0 Å². The minimum absolute atomic E-state index is 0.678. The predicted molar refractivity (Wildman–Crippen MR) is 46.5 cm³/mol. The average Bonchev–Trinajstić information content (AvgIpc) is 2.40. The van der Waals surface area contributed by atoms with Crippen molar-refractivity contribution in [1.82, 2.24) is 0 Å². The number of alkyl halides is 1. The molecule has 1 aliphatic heterocycles. The van der Waals surface area contributed by atoms with Crippen LogP contribution in [-0.4, -0.2) is 18.5 Å². The van der Waals surface area contributed by atoms with E-state index >= 15 is 0 Å². The zero-order chi connectivity index (χ0) is 7.40. The molecular formula is C8H13BrO. The molecule has 0 amide bonds. The first-order valence-electron chi connectivity index (χ1n) is 3.64. The van der Waals surface area contributed by atoms with Gasteiger partial charge in [-0.15, -0.1) is 0 Å². The summed E-state index contributed by atoms with van der Waals surface area (Å²) in [6.07, 6.45) is 3.51. The molecule has 1 heterocycles. The molecule has 1 atom stereocenters. The lowest BCUT2D eigenvalue weighted by Crippen LogP contribution is -1.95. The summed E-state index contributed by atoms with van der Waals surface area (Å²) >= 11 is 3.41. The van der Waals surface area contributed by atoms with E-state index in [2.05, 4.69) is 28.9 Å². The van der Waals surface area contributed by atoms with Gasteiger partial charge in [-0.05, 0) is 13.3 Å². The smallest absolute Gasteiger partial charge is 0.0529 e. The van der Waals surface area contributed by atoms with Crippen molar-refractivity contribution in [2.45, 2.75) is 13.3 Å². The lowest BCUT2D eigenvalue weighted by molar-refractivity contribution is 0.191. The molecule has 0 aromatic heterocycles. The van der Waals surface area contributed by atoms with Crippen LogP contribution >= 0.6 is 15.9 Å². The molecule has 0 bridgehead atoms. The van der Waals surface area contributed by atoms with E-state index in [1.54, 1.807) is 0 Å². The molecule has 0 saturated carbocycles. The summed E-state index contributed by atoms with van der Waals surface area (Å²) in [6, 6.07) is 0. The summed E-state index contributed by atoms with van der Waals surface area (Å²) in [7, 11) is 0. The van der Waals surface area contributed by atoms with Crippen LogP contribution in [0, 0.1) is 5.92 Å². The SMILES string of the molecule is CC(=CC1CCOC1)CBr. The summed E-state index contributed by atoms with van der Waals surface area (Å²) in [4.78, 5) is 0. The monoisotopic (exact) mass is 204 g/mol. The van der Waals surface area contributed by atoms with E-state index in [-0.39, 0.29) is 0 Å². The molecule has 2 heteroatoms. The van der Waals surface area contributed by atoms with Crippen LogP contribution in [0.3, 0.4) is 0 Å². The van der Waals surface area contributed by atoms with Crippen LogP contribution in [0.1, 0.15) is 13.3 Å². The summed E-state index contributed by atoms with van der Waals surface area (Å²) in [5.41, 5.74) is 1.41. The maximum absolute atomic E-state index is 5.24. The highest BCUT2D eigenvalue weighted by molar-refractivity contribution is 9.09. The molecule has 1 nitrogen and oxygen atoms in total. The predicted octanol–water partition coefficient (Wildman–Crippen LogP) is 2.36. The van der Waals surface area contributed by atoms with Crippen molar-refractivity contribution in [2.24, 2.45) is 5.92 Å². The summed E-state index contributed by atoms with van der Waals surface area (Å²) in [5.74, 6) is 0.678. The van der Waals surface area contributed by atoms with Crippen molar-refractivity contribution in [3.8, 4) is 0 Å². The van der Waals surface area contributed by atoms with E-state index in [4.69, 9.17) is 4.74 Å². The molecule has 10 heavy (non-hydrogen) atoms. The van der Waals surface area contributed by atoms with Crippen LogP contribution in [0.5, 0.6) is 0 Å². The molecular weight excluding hydrogens is 192 g/mol. The van der Waals surface area contributed by atoms with Gasteiger partial charge in [-0.25, -0.2) is 0 Å². The van der Waals surface area contributed by atoms with Crippen LogP contribution in [0.2, 0.25) is 0 Å². The molecule has 1 saturated heterocycles. The third kappa shape index (κ3) is 2.43. The number of hydrogen-bond donors (Lipinski definition) is 0. The molecule has 1 rings (SSSR count). The van der Waals surface area contributed by atoms with Gasteiger partial charge in [0, 0.05) is 17.9 Å². The normalized spacial score (nSPS) is 27.4. The largest absolute Gasteiger partial charge is 0.381 e. The Labute approximate surface area is 70.6 Å². The molecule has 0 aliphatic carbocycles. The van der Waals surface area contributed by atoms with E-state index in [1.807, 2.05) is 0 Å². The topological polar surface area (TPSA) is 9.23 Å². The van der Waals surface area contributed by atoms with Gasteiger partial charge in [-0.3, -0.25) is 0 Å². The fourth-order valence-electron chi connectivity index (χ4n) is 1.13. The van der Waals surface area contributed by atoms with Crippen molar-refractivity contribution in [1.29, 1.82) is 0 Å². The second-order valence-corrected chi connectivity index (χ2v) is 3.33. The molecule has 1 aliphatic rings. The second-order valence-electron chi connectivity index (χ2n) is 2.77. The van der Waals surface area contributed by atoms with Gasteiger partial charge in [0.25, 0.3) is 0 Å². The molecule has 1 fully saturated rings. The minimum Gasteiger partial charge on any atom is -0.381 e. The first-order chi connectivity index (χ1) is 4.83. The Balaban J connectivity index is 2.34. The Bertz CT molecular complexity index is 125. The maximum Gasteiger partial charge on any atom is 0.0529 e. The summed E-state index contributed by atoms with van der Waals surface area (Å²) in [6.45, 7) is 4.01. The summed E-state index contributed by atoms with van der Waals surface area (Å²) < 4.78 is 5.24. The van der Waals surface area contributed by atoms with E-state index < -0.39 is 0 Å². The molecule has 0 aromatic carbocycles. The van der Waals surface area contributed by atoms with Gasteiger partial charge in [0.15, 0.2) is 0 Å².